The summed E-state index contributed by atoms with van der Waals surface area (Å²) in [5.74, 6) is -0.417. The van der Waals surface area contributed by atoms with Gasteiger partial charge in [0.2, 0.25) is 0 Å². The molecule has 16 heavy (non-hydrogen) atoms. The normalized spacial score (nSPS) is 11.2. The molecule has 0 unspecified atom stereocenters. The number of hydrogen-bond donors (Lipinski definition) is 1. The number of carbonyl (C=O) groups is 1. The summed E-state index contributed by atoms with van der Waals surface area (Å²) in [7, 11) is 0. The van der Waals surface area contributed by atoms with Crippen LogP contribution in [0.4, 0.5) is 5.69 Å². The van der Waals surface area contributed by atoms with Crippen molar-refractivity contribution >= 4 is 23.3 Å². The van der Waals surface area contributed by atoms with Crippen LogP contribution in [-0.2, 0) is 4.74 Å². The Morgan fingerprint density at radius 1 is 1.44 bits per heavy atom. The number of nitrogens with two attached hydrogens (primary N) is 1. The zero-order valence-electron chi connectivity index (χ0n) is 9.71. The topological polar surface area (TPSA) is 52.3 Å². The second-order valence-electron chi connectivity index (χ2n) is 4.88. The van der Waals surface area contributed by atoms with Crippen LogP contribution in [0, 0.1) is 5.41 Å². The van der Waals surface area contributed by atoms with Crippen molar-refractivity contribution in [2.45, 2.75) is 20.8 Å². The molecular weight excluding hydrogens is 226 g/mol. The molecule has 0 aliphatic rings. The Labute approximate surface area is 101 Å². The number of rotatable bonds is 2. The molecule has 88 valence electrons. The van der Waals surface area contributed by atoms with Crippen molar-refractivity contribution < 1.29 is 9.53 Å². The highest BCUT2D eigenvalue weighted by Crippen LogP contribution is 2.21. The summed E-state index contributed by atoms with van der Waals surface area (Å²) in [6.45, 7) is 6.33. The monoisotopic (exact) mass is 241 g/mol. The van der Waals surface area contributed by atoms with E-state index in [1.807, 2.05) is 20.8 Å². The van der Waals surface area contributed by atoms with E-state index >= 15 is 0 Å². The first-order valence-electron chi connectivity index (χ1n) is 5.02. The van der Waals surface area contributed by atoms with Crippen LogP contribution in [0.3, 0.4) is 0 Å². The Bertz CT molecular complexity index is 396. The van der Waals surface area contributed by atoms with Crippen LogP contribution < -0.4 is 5.73 Å². The van der Waals surface area contributed by atoms with Crippen LogP contribution in [0.15, 0.2) is 18.2 Å². The van der Waals surface area contributed by atoms with E-state index in [1.54, 1.807) is 12.1 Å². The second-order valence-corrected chi connectivity index (χ2v) is 5.28. The summed E-state index contributed by atoms with van der Waals surface area (Å²) in [5, 5.41) is 0.318. The first-order chi connectivity index (χ1) is 7.29. The smallest absolute Gasteiger partial charge is 0.339 e. The molecule has 0 radical (unpaired) electrons. The molecule has 0 fully saturated rings. The molecular formula is C12H16ClNO2. The van der Waals surface area contributed by atoms with Crippen molar-refractivity contribution in [3.63, 3.8) is 0 Å². The van der Waals surface area contributed by atoms with Crippen LogP contribution in [0.1, 0.15) is 31.1 Å². The minimum absolute atomic E-state index is 0.0596. The summed E-state index contributed by atoms with van der Waals surface area (Å²) in [6, 6.07) is 4.73. The van der Waals surface area contributed by atoms with Gasteiger partial charge in [-0.2, -0.15) is 0 Å². The largest absolute Gasteiger partial charge is 0.461 e. The van der Waals surface area contributed by atoms with Crippen LogP contribution >= 0.6 is 11.6 Å². The van der Waals surface area contributed by atoms with Crippen molar-refractivity contribution in [1.82, 2.24) is 0 Å². The number of esters is 1. The van der Waals surface area contributed by atoms with Crippen molar-refractivity contribution in [3.8, 4) is 0 Å². The maximum absolute atomic E-state index is 11.7. The average Bonchev–Trinajstić information content (AvgIpc) is 2.13. The Morgan fingerprint density at radius 2 is 2.06 bits per heavy atom. The molecule has 0 aliphatic carbocycles. The lowest BCUT2D eigenvalue weighted by Crippen LogP contribution is -2.18. The van der Waals surface area contributed by atoms with E-state index in [-0.39, 0.29) is 5.41 Å². The molecule has 2 N–H and O–H groups in total. The number of hydrogen-bond acceptors (Lipinski definition) is 3. The van der Waals surface area contributed by atoms with Gasteiger partial charge in [0.15, 0.2) is 0 Å². The lowest BCUT2D eigenvalue weighted by atomic mass is 9.99. The van der Waals surface area contributed by atoms with E-state index in [0.29, 0.717) is 22.9 Å². The van der Waals surface area contributed by atoms with Gasteiger partial charge in [-0.1, -0.05) is 32.4 Å². The quantitative estimate of drug-likeness (QED) is 0.639. The van der Waals surface area contributed by atoms with Crippen LogP contribution in [0.2, 0.25) is 5.02 Å². The molecule has 0 atom stereocenters. The van der Waals surface area contributed by atoms with Crippen molar-refractivity contribution in [2.24, 2.45) is 5.41 Å². The van der Waals surface area contributed by atoms with E-state index in [0.717, 1.165) is 0 Å². The summed E-state index contributed by atoms with van der Waals surface area (Å²) >= 11 is 5.89. The number of ether oxygens (including phenoxy) is 1. The van der Waals surface area contributed by atoms with Crippen LogP contribution in [-0.4, -0.2) is 12.6 Å². The van der Waals surface area contributed by atoms with Crippen molar-refractivity contribution in [1.29, 1.82) is 0 Å². The predicted octanol–water partition coefficient (Wildman–Crippen LogP) is 3.13. The lowest BCUT2D eigenvalue weighted by molar-refractivity contribution is 0.0367. The lowest BCUT2D eigenvalue weighted by Gasteiger charge is -2.18. The third kappa shape index (κ3) is 3.74. The van der Waals surface area contributed by atoms with Crippen LogP contribution in [0.25, 0.3) is 0 Å². The Hall–Kier alpha value is -1.22. The van der Waals surface area contributed by atoms with Gasteiger partial charge in [0, 0.05) is 5.69 Å². The zero-order valence-corrected chi connectivity index (χ0v) is 10.5. The number of anilines is 1. The minimum Gasteiger partial charge on any atom is -0.461 e. The van der Waals surface area contributed by atoms with E-state index in [1.165, 1.54) is 6.07 Å². The van der Waals surface area contributed by atoms with Gasteiger partial charge in [-0.15, -0.1) is 0 Å². The SMILES string of the molecule is CC(C)(C)COC(=O)c1ccc(N)cc1Cl. The molecule has 0 spiro atoms. The molecule has 1 aromatic rings. The molecule has 0 saturated carbocycles. The molecule has 0 bridgehead atoms. The minimum atomic E-state index is -0.417. The van der Waals surface area contributed by atoms with Crippen molar-refractivity contribution in [2.75, 3.05) is 12.3 Å². The highest BCUT2D eigenvalue weighted by Gasteiger charge is 2.16. The average molecular weight is 242 g/mol. The van der Waals surface area contributed by atoms with Crippen molar-refractivity contribution in [3.05, 3.63) is 28.8 Å². The van der Waals surface area contributed by atoms with E-state index in [9.17, 15) is 4.79 Å². The molecule has 0 amide bonds. The van der Waals surface area contributed by atoms with Gasteiger partial charge in [-0.05, 0) is 23.6 Å². The molecule has 3 nitrogen and oxygen atoms in total. The fraction of sp³-hybridized carbons (Fsp3) is 0.417. The highest BCUT2D eigenvalue weighted by atomic mass is 35.5. The summed E-state index contributed by atoms with van der Waals surface area (Å²) < 4.78 is 5.15. The third-order valence-corrected chi connectivity index (χ3v) is 2.16. The highest BCUT2D eigenvalue weighted by molar-refractivity contribution is 6.33. The van der Waals surface area contributed by atoms with Gasteiger partial charge in [0.25, 0.3) is 0 Å². The summed E-state index contributed by atoms with van der Waals surface area (Å²) in [6.07, 6.45) is 0. The van der Waals surface area contributed by atoms with E-state index in [4.69, 9.17) is 22.1 Å². The Morgan fingerprint density at radius 3 is 2.56 bits per heavy atom. The first-order valence-corrected chi connectivity index (χ1v) is 5.39. The number of nitrogen functional groups attached to an aromatic ring is 1. The fourth-order valence-corrected chi connectivity index (χ4v) is 1.32. The number of benzene rings is 1. The van der Waals surface area contributed by atoms with E-state index in [2.05, 4.69) is 0 Å². The predicted molar refractivity (Wildman–Crippen MR) is 65.6 cm³/mol. The Balaban J connectivity index is 2.74. The van der Waals surface area contributed by atoms with Gasteiger partial charge >= 0.3 is 5.97 Å². The zero-order chi connectivity index (χ0) is 12.3. The standard InChI is InChI=1S/C12H16ClNO2/c1-12(2,3)7-16-11(15)9-5-4-8(14)6-10(9)13/h4-6H,7,14H2,1-3H3. The summed E-state index contributed by atoms with van der Waals surface area (Å²) in [4.78, 5) is 11.7. The van der Waals surface area contributed by atoms with Gasteiger partial charge < -0.3 is 10.5 Å². The fourth-order valence-electron chi connectivity index (χ4n) is 1.06. The maximum Gasteiger partial charge on any atom is 0.339 e. The molecule has 0 aliphatic heterocycles. The van der Waals surface area contributed by atoms with Crippen LogP contribution in [0.5, 0.6) is 0 Å². The molecule has 4 heteroatoms. The number of carbonyl (C=O) groups excluding carboxylic acids is 1. The van der Waals surface area contributed by atoms with E-state index < -0.39 is 5.97 Å². The van der Waals surface area contributed by atoms with Gasteiger partial charge in [0.1, 0.15) is 0 Å². The summed E-state index contributed by atoms with van der Waals surface area (Å²) in [5.41, 5.74) is 6.35. The molecule has 1 aromatic carbocycles. The maximum atomic E-state index is 11.7. The molecule has 0 aromatic heterocycles. The Kier molecular flexibility index (Phi) is 3.81. The van der Waals surface area contributed by atoms with Gasteiger partial charge in [-0.25, -0.2) is 4.79 Å². The van der Waals surface area contributed by atoms with Gasteiger partial charge in [-0.3, -0.25) is 0 Å². The number of halogens is 1. The molecule has 0 saturated heterocycles. The molecule has 1 rings (SSSR count). The first kappa shape index (κ1) is 12.8. The second kappa shape index (κ2) is 4.74. The third-order valence-electron chi connectivity index (χ3n) is 1.85. The molecule has 0 heterocycles. The van der Waals surface area contributed by atoms with Gasteiger partial charge in [0.05, 0.1) is 17.2 Å².